The summed E-state index contributed by atoms with van der Waals surface area (Å²) >= 11 is 4.63. The van der Waals surface area contributed by atoms with Gasteiger partial charge in [-0.2, -0.15) is 0 Å². The van der Waals surface area contributed by atoms with Crippen molar-refractivity contribution >= 4 is 39.3 Å². The average Bonchev–Trinajstić information content (AvgIpc) is 3.11. The number of carbonyl (C=O) groups excluding carboxylic acids is 1. The lowest BCUT2D eigenvalue weighted by Crippen LogP contribution is -2.22. The molecule has 1 heterocycles. The molecule has 0 fully saturated rings. The van der Waals surface area contributed by atoms with E-state index in [1.807, 2.05) is 49.4 Å². The molecular formula is C20H20BrN3O2S. The molecule has 0 spiro atoms. The maximum atomic E-state index is 12.3. The van der Waals surface area contributed by atoms with Gasteiger partial charge in [-0.3, -0.25) is 4.79 Å². The van der Waals surface area contributed by atoms with E-state index in [1.54, 1.807) is 0 Å². The van der Waals surface area contributed by atoms with Gasteiger partial charge in [0.05, 0.1) is 5.25 Å². The number of carbonyl (C=O) groups is 1. The third-order valence-corrected chi connectivity index (χ3v) is 5.52. The van der Waals surface area contributed by atoms with Gasteiger partial charge in [0.15, 0.2) is 0 Å². The van der Waals surface area contributed by atoms with Gasteiger partial charge in [-0.25, -0.2) is 0 Å². The van der Waals surface area contributed by atoms with Crippen LogP contribution in [0.25, 0.3) is 0 Å². The maximum Gasteiger partial charge on any atom is 0.277 e. The van der Waals surface area contributed by atoms with Crippen LogP contribution in [0.5, 0.6) is 0 Å². The number of rotatable bonds is 7. The zero-order chi connectivity index (χ0) is 19.2. The summed E-state index contributed by atoms with van der Waals surface area (Å²) in [6.45, 7) is 3.94. The number of aromatic nitrogens is 2. The van der Waals surface area contributed by atoms with Crippen LogP contribution >= 0.6 is 27.7 Å². The number of nitrogens with zero attached hydrogens (tertiary/aromatic N) is 2. The Morgan fingerprint density at radius 2 is 1.81 bits per heavy atom. The highest BCUT2D eigenvalue weighted by atomic mass is 79.9. The van der Waals surface area contributed by atoms with Crippen LogP contribution in [0.1, 0.15) is 31.2 Å². The fourth-order valence-electron chi connectivity index (χ4n) is 2.51. The van der Waals surface area contributed by atoms with Crippen LogP contribution in [0.4, 0.5) is 5.69 Å². The fourth-order valence-corrected chi connectivity index (χ4v) is 3.48. The highest BCUT2D eigenvalue weighted by molar-refractivity contribution is 9.10. The predicted octanol–water partition coefficient (Wildman–Crippen LogP) is 5.30. The Labute approximate surface area is 171 Å². The van der Waals surface area contributed by atoms with Crippen molar-refractivity contribution in [1.82, 2.24) is 10.2 Å². The minimum atomic E-state index is -0.353. The first-order chi connectivity index (χ1) is 13.0. The van der Waals surface area contributed by atoms with Gasteiger partial charge in [0.1, 0.15) is 0 Å². The van der Waals surface area contributed by atoms with Crippen molar-refractivity contribution in [3.63, 3.8) is 0 Å². The molecule has 27 heavy (non-hydrogen) atoms. The Bertz CT molecular complexity index is 884. The van der Waals surface area contributed by atoms with Gasteiger partial charge in [-0.1, -0.05) is 64.9 Å². The van der Waals surface area contributed by atoms with Crippen LogP contribution in [0.15, 0.2) is 68.7 Å². The summed E-state index contributed by atoms with van der Waals surface area (Å²) in [5, 5.41) is 11.1. The van der Waals surface area contributed by atoms with Crippen molar-refractivity contribution in [1.29, 1.82) is 0 Å². The quantitative estimate of drug-likeness (QED) is 0.499. The maximum absolute atomic E-state index is 12.3. The minimum Gasteiger partial charge on any atom is -0.416 e. The number of halogens is 1. The summed E-state index contributed by atoms with van der Waals surface area (Å²) in [4.78, 5) is 12.3. The minimum absolute atomic E-state index is 0.111. The predicted molar refractivity (Wildman–Crippen MR) is 111 cm³/mol. The number of anilines is 1. The Morgan fingerprint density at radius 3 is 2.52 bits per heavy atom. The monoisotopic (exact) mass is 445 g/mol. The molecule has 140 valence electrons. The van der Waals surface area contributed by atoms with Gasteiger partial charge in [-0.15, -0.1) is 10.2 Å². The van der Waals surface area contributed by atoms with Crippen molar-refractivity contribution in [3.8, 4) is 0 Å². The van der Waals surface area contributed by atoms with E-state index in [9.17, 15) is 4.79 Å². The lowest BCUT2D eigenvalue weighted by molar-refractivity contribution is -0.115. The molecule has 3 rings (SSSR count). The molecule has 5 nitrogen and oxygen atoms in total. The van der Waals surface area contributed by atoms with E-state index in [0.29, 0.717) is 17.5 Å². The molecule has 1 N–H and O–H groups in total. The van der Waals surface area contributed by atoms with Crippen molar-refractivity contribution in [3.05, 3.63) is 70.5 Å². The highest BCUT2D eigenvalue weighted by Crippen LogP contribution is 2.25. The SMILES string of the molecule is CC(Sc1nnc(CC(C)c2ccccc2)o1)C(=O)Nc1ccc(Br)cc1. The van der Waals surface area contributed by atoms with Crippen molar-refractivity contribution in [2.45, 2.75) is 36.7 Å². The van der Waals surface area contributed by atoms with Gasteiger partial charge < -0.3 is 9.73 Å². The molecule has 0 saturated heterocycles. The average molecular weight is 446 g/mol. The molecule has 0 bridgehead atoms. The Kier molecular flexibility index (Phi) is 6.68. The second-order valence-corrected chi connectivity index (χ2v) is 8.44. The van der Waals surface area contributed by atoms with E-state index in [4.69, 9.17) is 4.42 Å². The molecule has 3 aromatic rings. The molecule has 0 aliphatic heterocycles. The van der Waals surface area contributed by atoms with E-state index in [2.05, 4.69) is 50.5 Å². The van der Waals surface area contributed by atoms with Gasteiger partial charge in [0.2, 0.25) is 11.8 Å². The number of hydrogen-bond donors (Lipinski definition) is 1. The number of thioether (sulfide) groups is 1. The largest absolute Gasteiger partial charge is 0.416 e. The van der Waals surface area contributed by atoms with E-state index in [-0.39, 0.29) is 17.1 Å². The van der Waals surface area contributed by atoms with Crippen LogP contribution in [-0.4, -0.2) is 21.4 Å². The number of hydrogen-bond acceptors (Lipinski definition) is 5. The summed E-state index contributed by atoms with van der Waals surface area (Å²) in [5.74, 6) is 0.747. The third-order valence-electron chi connectivity index (χ3n) is 4.06. The molecule has 2 unspecified atom stereocenters. The van der Waals surface area contributed by atoms with Gasteiger partial charge >= 0.3 is 0 Å². The Balaban J connectivity index is 1.55. The molecule has 0 aliphatic rings. The lowest BCUT2D eigenvalue weighted by atomic mass is 9.98. The van der Waals surface area contributed by atoms with Crippen LogP contribution in [0.3, 0.4) is 0 Å². The summed E-state index contributed by atoms with van der Waals surface area (Å²) in [5.41, 5.74) is 1.98. The fraction of sp³-hybridized carbons (Fsp3) is 0.250. The molecule has 1 amide bonds. The topological polar surface area (TPSA) is 68.0 Å². The van der Waals surface area contributed by atoms with E-state index >= 15 is 0 Å². The molecule has 0 aliphatic carbocycles. The number of benzene rings is 2. The van der Waals surface area contributed by atoms with Crippen LogP contribution in [-0.2, 0) is 11.2 Å². The smallest absolute Gasteiger partial charge is 0.277 e. The number of amides is 1. The van der Waals surface area contributed by atoms with Gasteiger partial charge in [0, 0.05) is 16.6 Å². The van der Waals surface area contributed by atoms with E-state index in [1.165, 1.54) is 17.3 Å². The first-order valence-electron chi connectivity index (χ1n) is 8.61. The highest BCUT2D eigenvalue weighted by Gasteiger charge is 2.19. The zero-order valence-corrected chi connectivity index (χ0v) is 17.5. The van der Waals surface area contributed by atoms with Crippen LogP contribution < -0.4 is 5.32 Å². The Morgan fingerprint density at radius 1 is 1.11 bits per heavy atom. The van der Waals surface area contributed by atoms with Gasteiger partial charge in [-0.05, 0) is 42.7 Å². The Hall–Kier alpha value is -2.12. The lowest BCUT2D eigenvalue weighted by Gasteiger charge is -2.10. The summed E-state index contributed by atoms with van der Waals surface area (Å²) in [6.07, 6.45) is 0.664. The second-order valence-electron chi connectivity index (χ2n) is 6.23. The summed E-state index contributed by atoms with van der Waals surface area (Å²) < 4.78 is 6.68. The van der Waals surface area contributed by atoms with Crippen LogP contribution in [0.2, 0.25) is 0 Å². The molecule has 2 atom stereocenters. The molecule has 2 aromatic carbocycles. The molecule has 0 radical (unpaired) electrons. The normalized spacial score (nSPS) is 13.1. The van der Waals surface area contributed by atoms with Crippen molar-refractivity contribution in [2.24, 2.45) is 0 Å². The molecular weight excluding hydrogens is 426 g/mol. The summed E-state index contributed by atoms with van der Waals surface area (Å²) in [7, 11) is 0. The van der Waals surface area contributed by atoms with Crippen molar-refractivity contribution in [2.75, 3.05) is 5.32 Å². The van der Waals surface area contributed by atoms with Crippen molar-refractivity contribution < 1.29 is 9.21 Å². The third kappa shape index (κ3) is 5.68. The van der Waals surface area contributed by atoms with E-state index in [0.717, 1.165) is 10.2 Å². The van der Waals surface area contributed by atoms with E-state index < -0.39 is 0 Å². The molecule has 1 aromatic heterocycles. The number of nitrogens with one attached hydrogen (secondary N) is 1. The molecule has 7 heteroatoms. The second kappa shape index (κ2) is 9.19. The molecule has 0 saturated carbocycles. The summed E-state index contributed by atoms with van der Waals surface area (Å²) in [6, 6.07) is 17.7. The standard InChI is InChI=1S/C20H20BrN3O2S/c1-13(15-6-4-3-5-7-15)12-18-23-24-20(26-18)27-14(2)19(25)22-17-10-8-16(21)9-11-17/h3-11,13-14H,12H2,1-2H3,(H,22,25). The first kappa shape index (κ1) is 19.6. The van der Waals surface area contributed by atoms with Gasteiger partial charge in [0.25, 0.3) is 5.22 Å². The van der Waals surface area contributed by atoms with Crippen LogP contribution in [0, 0.1) is 0 Å². The first-order valence-corrected chi connectivity index (χ1v) is 10.3. The zero-order valence-electron chi connectivity index (χ0n) is 15.1.